The third kappa shape index (κ3) is 3.38. The highest BCUT2D eigenvalue weighted by atomic mass is 32.2. The third-order valence-electron chi connectivity index (χ3n) is 4.00. The molecule has 130 valence electrons. The molecule has 0 saturated carbocycles. The van der Waals surface area contributed by atoms with Crippen molar-refractivity contribution in [2.45, 2.75) is 13.5 Å². The van der Waals surface area contributed by atoms with Gasteiger partial charge in [0.05, 0.1) is 17.7 Å². The number of amides is 1. The maximum atomic E-state index is 12.6. The number of thioether (sulfide) groups is 1. The molecule has 3 heterocycles. The number of carbonyl (C=O) groups excluding carboxylic acids is 1. The number of carbonyl (C=O) groups is 1. The SMILES string of the molecule is Cc1ccc(-c2ccc(/C=C3/SC(=S)N(Cc4ccco4)C3=O)o2)cc1. The van der Waals surface area contributed by atoms with E-state index < -0.39 is 0 Å². The monoisotopic (exact) mass is 381 g/mol. The highest BCUT2D eigenvalue weighted by Crippen LogP contribution is 2.34. The number of hydrogen-bond donors (Lipinski definition) is 0. The zero-order valence-corrected chi connectivity index (χ0v) is 15.6. The molecule has 1 aromatic carbocycles. The normalized spacial score (nSPS) is 16.0. The van der Waals surface area contributed by atoms with Crippen LogP contribution in [-0.2, 0) is 11.3 Å². The van der Waals surface area contributed by atoms with Crippen LogP contribution >= 0.6 is 24.0 Å². The third-order valence-corrected chi connectivity index (χ3v) is 5.38. The first-order valence-corrected chi connectivity index (χ1v) is 9.27. The Morgan fingerprint density at radius 1 is 1.15 bits per heavy atom. The van der Waals surface area contributed by atoms with Crippen LogP contribution in [0.25, 0.3) is 17.4 Å². The lowest BCUT2D eigenvalue weighted by molar-refractivity contribution is -0.122. The van der Waals surface area contributed by atoms with Gasteiger partial charge in [0.15, 0.2) is 0 Å². The summed E-state index contributed by atoms with van der Waals surface area (Å²) in [6.45, 7) is 2.38. The van der Waals surface area contributed by atoms with Gasteiger partial charge in [-0.15, -0.1) is 0 Å². The molecular weight excluding hydrogens is 366 g/mol. The first-order chi connectivity index (χ1) is 12.6. The number of rotatable bonds is 4. The smallest absolute Gasteiger partial charge is 0.266 e. The Balaban J connectivity index is 1.54. The predicted octanol–water partition coefficient (Wildman–Crippen LogP) is 5.25. The van der Waals surface area contributed by atoms with Crippen molar-refractivity contribution < 1.29 is 13.6 Å². The van der Waals surface area contributed by atoms with Gasteiger partial charge in [-0.2, -0.15) is 0 Å². The van der Waals surface area contributed by atoms with E-state index in [1.807, 2.05) is 49.4 Å². The topological polar surface area (TPSA) is 46.6 Å². The Morgan fingerprint density at radius 2 is 1.96 bits per heavy atom. The predicted molar refractivity (Wildman–Crippen MR) is 106 cm³/mol. The van der Waals surface area contributed by atoms with Crippen LogP contribution in [0.4, 0.5) is 0 Å². The summed E-state index contributed by atoms with van der Waals surface area (Å²) in [5, 5.41) is 0. The lowest BCUT2D eigenvalue weighted by atomic mass is 10.1. The molecule has 0 radical (unpaired) electrons. The highest BCUT2D eigenvalue weighted by Gasteiger charge is 2.32. The molecule has 0 unspecified atom stereocenters. The summed E-state index contributed by atoms with van der Waals surface area (Å²) >= 11 is 6.61. The van der Waals surface area contributed by atoms with Gasteiger partial charge in [0, 0.05) is 11.6 Å². The second kappa shape index (κ2) is 6.97. The van der Waals surface area contributed by atoms with Gasteiger partial charge >= 0.3 is 0 Å². The van der Waals surface area contributed by atoms with Crippen molar-refractivity contribution in [2.75, 3.05) is 0 Å². The minimum atomic E-state index is -0.135. The first kappa shape index (κ1) is 16.9. The summed E-state index contributed by atoms with van der Waals surface area (Å²) in [6.07, 6.45) is 3.32. The average molecular weight is 381 g/mol. The van der Waals surface area contributed by atoms with E-state index in [0.717, 1.165) is 11.3 Å². The van der Waals surface area contributed by atoms with Gasteiger partial charge in [-0.25, -0.2) is 0 Å². The Labute approximate surface area is 160 Å². The van der Waals surface area contributed by atoms with Crippen LogP contribution in [-0.4, -0.2) is 15.1 Å². The van der Waals surface area contributed by atoms with E-state index in [2.05, 4.69) is 0 Å². The van der Waals surface area contributed by atoms with Gasteiger partial charge < -0.3 is 8.83 Å². The van der Waals surface area contributed by atoms with E-state index in [4.69, 9.17) is 21.1 Å². The largest absolute Gasteiger partial charge is 0.467 e. The standard InChI is InChI=1S/C20H15NO3S2/c1-13-4-6-14(7-5-13)17-9-8-15(24-17)11-18-19(22)21(20(25)26-18)12-16-3-2-10-23-16/h2-11H,12H2,1H3/b18-11+. The fourth-order valence-electron chi connectivity index (χ4n) is 2.63. The molecule has 1 aliphatic heterocycles. The van der Waals surface area contributed by atoms with E-state index in [9.17, 15) is 4.79 Å². The molecule has 4 nitrogen and oxygen atoms in total. The molecule has 0 atom stereocenters. The number of thiocarbonyl (C=S) groups is 1. The van der Waals surface area contributed by atoms with E-state index in [0.29, 0.717) is 27.3 Å². The van der Waals surface area contributed by atoms with Gasteiger partial charge in [0.2, 0.25) is 0 Å². The van der Waals surface area contributed by atoms with Crippen molar-refractivity contribution in [3.63, 3.8) is 0 Å². The first-order valence-electron chi connectivity index (χ1n) is 8.05. The van der Waals surface area contributed by atoms with Crippen LogP contribution in [0.5, 0.6) is 0 Å². The van der Waals surface area contributed by atoms with E-state index in [-0.39, 0.29) is 5.91 Å². The van der Waals surface area contributed by atoms with Crippen LogP contribution < -0.4 is 0 Å². The van der Waals surface area contributed by atoms with Gasteiger partial charge in [-0.05, 0) is 31.2 Å². The summed E-state index contributed by atoms with van der Waals surface area (Å²) in [5.74, 6) is 1.95. The summed E-state index contributed by atoms with van der Waals surface area (Å²) in [5.41, 5.74) is 2.20. The minimum absolute atomic E-state index is 0.135. The molecule has 3 aromatic rings. The lowest BCUT2D eigenvalue weighted by Crippen LogP contribution is -2.27. The van der Waals surface area contributed by atoms with E-state index >= 15 is 0 Å². The molecule has 0 aliphatic carbocycles. The molecule has 6 heteroatoms. The second-order valence-electron chi connectivity index (χ2n) is 5.92. The molecule has 0 N–H and O–H groups in total. The molecule has 4 rings (SSSR count). The zero-order chi connectivity index (χ0) is 18.1. The Kier molecular flexibility index (Phi) is 4.53. The second-order valence-corrected chi connectivity index (χ2v) is 7.59. The maximum absolute atomic E-state index is 12.6. The highest BCUT2D eigenvalue weighted by molar-refractivity contribution is 8.26. The van der Waals surface area contributed by atoms with Gasteiger partial charge in [0.25, 0.3) is 5.91 Å². The molecular formula is C20H15NO3S2. The molecule has 0 spiro atoms. The summed E-state index contributed by atoms with van der Waals surface area (Å²) in [6, 6.07) is 15.5. The van der Waals surface area contributed by atoms with Gasteiger partial charge in [-0.3, -0.25) is 9.69 Å². The van der Waals surface area contributed by atoms with Crippen LogP contribution in [0, 0.1) is 6.92 Å². The number of nitrogens with zero attached hydrogens (tertiary/aromatic N) is 1. The maximum Gasteiger partial charge on any atom is 0.266 e. The van der Waals surface area contributed by atoms with E-state index in [1.165, 1.54) is 22.2 Å². The molecule has 1 aliphatic rings. The number of hydrogen-bond acceptors (Lipinski definition) is 5. The molecule has 1 amide bonds. The quantitative estimate of drug-likeness (QED) is 0.456. The fraction of sp³-hybridized carbons (Fsp3) is 0.100. The Morgan fingerprint density at radius 3 is 2.69 bits per heavy atom. The Bertz CT molecular complexity index is 985. The summed E-state index contributed by atoms with van der Waals surface area (Å²) in [7, 11) is 0. The molecule has 2 aromatic heterocycles. The van der Waals surface area contributed by atoms with Crippen LogP contribution in [0.15, 0.2) is 68.5 Å². The van der Waals surface area contributed by atoms with Crippen molar-refractivity contribution in [3.8, 4) is 11.3 Å². The average Bonchev–Trinajstić information content (AvgIpc) is 3.35. The summed E-state index contributed by atoms with van der Waals surface area (Å²) in [4.78, 5) is 14.7. The molecule has 1 fully saturated rings. The van der Waals surface area contributed by atoms with Crippen molar-refractivity contribution in [3.05, 3.63) is 76.8 Å². The van der Waals surface area contributed by atoms with Gasteiger partial charge in [0.1, 0.15) is 21.6 Å². The van der Waals surface area contributed by atoms with Crippen LogP contribution in [0.3, 0.4) is 0 Å². The van der Waals surface area contributed by atoms with Crippen LogP contribution in [0.1, 0.15) is 17.1 Å². The minimum Gasteiger partial charge on any atom is -0.467 e. The molecule has 1 saturated heterocycles. The van der Waals surface area contributed by atoms with Crippen molar-refractivity contribution >= 4 is 40.3 Å². The van der Waals surface area contributed by atoms with Crippen molar-refractivity contribution in [1.82, 2.24) is 4.90 Å². The Hall–Kier alpha value is -2.57. The number of benzene rings is 1. The van der Waals surface area contributed by atoms with E-state index in [1.54, 1.807) is 18.4 Å². The van der Waals surface area contributed by atoms with Crippen molar-refractivity contribution in [1.29, 1.82) is 0 Å². The van der Waals surface area contributed by atoms with Crippen molar-refractivity contribution in [2.24, 2.45) is 0 Å². The molecule has 0 bridgehead atoms. The van der Waals surface area contributed by atoms with Crippen LogP contribution in [0.2, 0.25) is 0 Å². The number of aryl methyl sites for hydroxylation is 1. The fourth-order valence-corrected chi connectivity index (χ4v) is 3.86. The summed E-state index contributed by atoms with van der Waals surface area (Å²) < 4.78 is 11.7. The van der Waals surface area contributed by atoms with Gasteiger partial charge in [-0.1, -0.05) is 53.8 Å². The number of furan rings is 2. The molecule has 26 heavy (non-hydrogen) atoms. The lowest BCUT2D eigenvalue weighted by Gasteiger charge is -2.11. The zero-order valence-electron chi connectivity index (χ0n) is 14.0.